The van der Waals surface area contributed by atoms with Gasteiger partial charge in [0.2, 0.25) is 0 Å². The van der Waals surface area contributed by atoms with Gasteiger partial charge in [-0.3, -0.25) is 0 Å². The largest absolute Gasteiger partial charge is 0.462 e. The molecule has 0 bridgehead atoms. The SMILES string of the molecule is C=C(C)C(=O)OCC1(C)COC(OCC(=C)C(=O)OCCCC(O)(C(F)(F)F)C(F)(F)F)(C(F)(F)F)C1(F)F. The standard InChI is InChI=1S/C21H23F11O7/c1-11(2)13(33)37-9-15(4)10-39-18(17(15,22)23,21(30,31)32)38-8-12(3)14(34)36-7-5-6-16(35,19(24,25)26)20(27,28)29/h35H,1,3,5-10H2,2,4H3. The highest BCUT2D eigenvalue weighted by atomic mass is 19.4. The van der Waals surface area contributed by atoms with Gasteiger partial charge in [0.05, 0.1) is 30.8 Å². The van der Waals surface area contributed by atoms with Crippen LogP contribution in [0.3, 0.4) is 0 Å². The van der Waals surface area contributed by atoms with Crippen molar-refractivity contribution in [1.82, 2.24) is 0 Å². The van der Waals surface area contributed by atoms with Gasteiger partial charge in [-0.15, -0.1) is 0 Å². The summed E-state index contributed by atoms with van der Waals surface area (Å²) in [5.74, 6) is -12.5. The van der Waals surface area contributed by atoms with E-state index in [1.807, 2.05) is 0 Å². The fraction of sp³-hybridized carbons (Fsp3) is 0.714. The molecule has 7 nitrogen and oxygen atoms in total. The van der Waals surface area contributed by atoms with E-state index in [1.165, 1.54) is 0 Å². The van der Waals surface area contributed by atoms with E-state index in [0.717, 1.165) is 6.92 Å². The summed E-state index contributed by atoms with van der Waals surface area (Å²) in [5.41, 5.74) is -9.26. The molecule has 18 heteroatoms. The number of carbonyl (C=O) groups excluding carboxylic acids is 2. The van der Waals surface area contributed by atoms with Crippen molar-refractivity contribution < 1.29 is 81.9 Å². The molecule has 1 rings (SSSR count). The van der Waals surface area contributed by atoms with Crippen molar-refractivity contribution in [3.8, 4) is 0 Å². The lowest BCUT2D eigenvalue weighted by Crippen LogP contribution is -2.63. The van der Waals surface area contributed by atoms with Gasteiger partial charge in [0.25, 0.3) is 5.60 Å². The number of rotatable bonds is 11. The van der Waals surface area contributed by atoms with Crippen LogP contribution in [-0.4, -0.2) is 79.3 Å². The summed E-state index contributed by atoms with van der Waals surface area (Å²) >= 11 is 0. The van der Waals surface area contributed by atoms with E-state index < -0.39 is 98.0 Å². The van der Waals surface area contributed by atoms with Gasteiger partial charge in [0.1, 0.15) is 6.61 Å². The van der Waals surface area contributed by atoms with Crippen LogP contribution < -0.4 is 0 Å². The van der Waals surface area contributed by atoms with Gasteiger partial charge in [-0.2, -0.15) is 48.3 Å². The maximum atomic E-state index is 15.1. The number of ether oxygens (including phenoxy) is 4. The van der Waals surface area contributed by atoms with Crippen molar-refractivity contribution in [2.24, 2.45) is 5.41 Å². The fourth-order valence-corrected chi connectivity index (χ4v) is 3.08. The zero-order chi connectivity index (χ0) is 30.9. The third-order valence-electron chi connectivity index (χ3n) is 5.60. The maximum absolute atomic E-state index is 15.1. The van der Waals surface area contributed by atoms with Crippen LogP contribution in [-0.2, 0) is 28.5 Å². The molecule has 39 heavy (non-hydrogen) atoms. The quantitative estimate of drug-likeness (QED) is 0.159. The molecule has 1 heterocycles. The lowest BCUT2D eigenvalue weighted by atomic mass is 9.82. The van der Waals surface area contributed by atoms with E-state index in [4.69, 9.17) is 5.11 Å². The predicted molar refractivity (Wildman–Crippen MR) is 106 cm³/mol. The van der Waals surface area contributed by atoms with Crippen molar-refractivity contribution in [2.75, 3.05) is 26.4 Å². The molecule has 1 aliphatic rings. The molecular weight excluding hydrogens is 573 g/mol. The topological polar surface area (TPSA) is 91.3 Å². The molecule has 0 aromatic carbocycles. The minimum Gasteiger partial charge on any atom is -0.462 e. The Balaban J connectivity index is 2.90. The number of halogens is 11. The molecule has 1 N–H and O–H groups in total. The Labute approximate surface area is 213 Å². The molecule has 0 aromatic heterocycles. The van der Waals surface area contributed by atoms with E-state index in [9.17, 15) is 49.1 Å². The average molecular weight is 596 g/mol. The maximum Gasteiger partial charge on any atom is 0.449 e. The Bertz CT molecular complexity index is 941. The molecule has 0 saturated carbocycles. The van der Waals surface area contributed by atoms with Crippen LogP contribution in [0.25, 0.3) is 0 Å². The summed E-state index contributed by atoms with van der Waals surface area (Å²) < 4.78 is 165. The van der Waals surface area contributed by atoms with Crippen molar-refractivity contribution in [2.45, 2.75) is 62.5 Å². The summed E-state index contributed by atoms with van der Waals surface area (Å²) in [6.45, 7) is 2.43. The number of alkyl halides is 11. The van der Waals surface area contributed by atoms with Crippen molar-refractivity contribution in [1.29, 1.82) is 0 Å². The minimum atomic E-state index is -6.14. The highest BCUT2D eigenvalue weighted by Gasteiger charge is 2.82. The molecule has 0 radical (unpaired) electrons. The van der Waals surface area contributed by atoms with E-state index in [0.29, 0.717) is 6.92 Å². The van der Waals surface area contributed by atoms with Gasteiger partial charge in [0.15, 0.2) is 0 Å². The molecule has 226 valence electrons. The van der Waals surface area contributed by atoms with E-state index >= 15 is 8.78 Å². The molecule has 1 aliphatic heterocycles. The van der Waals surface area contributed by atoms with Gasteiger partial charge in [0, 0.05) is 5.57 Å². The Hall–Kier alpha value is -2.47. The summed E-state index contributed by atoms with van der Waals surface area (Å²) in [6, 6.07) is 0. The molecule has 2 atom stereocenters. The van der Waals surface area contributed by atoms with Gasteiger partial charge in [-0.25, -0.2) is 9.59 Å². The monoisotopic (exact) mass is 596 g/mol. The van der Waals surface area contributed by atoms with Crippen LogP contribution in [0.2, 0.25) is 0 Å². The van der Waals surface area contributed by atoms with Crippen molar-refractivity contribution >= 4 is 11.9 Å². The molecule has 0 spiro atoms. The molecule has 0 aliphatic carbocycles. The predicted octanol–water partition coefficient (Wildman–Crippen LogP) is 4.79. The zero-order valence-corrected chi connectivity index (χ0v) is 20.2. The number of carbonyl (C=O) groups is 2. The Kier molecular flexibility index (Phi) is 9.91. The van der Waals surface area contributed by atoms with Gasteiger partial charge in [-0.05, 0) is 26.7 Å². The van der Waals surface area contributed by atoms with Gasteiger partial charge >= 0.3 is 42.2 Å². The molecule has 0 aromatic rings. The first-order valence-electron chi connectivity index (χ1n) is 10.6. The summed E-state index contributed by atoms with van der Waals surface area (Å²) in [4.78, 5) is 23.4. The highest BCUT2D eigenvalue weighted by molar-refractivity contribution is 5.88. The van der Waals surface area contributed by atoms with Crippen molar-refractivity contribution in [3.63, 3.8) is 0 Å². The molecular formula is C21H23F11O7. The third kappa shape index (κ3) is 6.65. The van der Waals surface area contributed by atoms with Gasteiger partial charge in [-0.1, -0.05) is 13.2 Å². The fourth-order valence-electron chi connectivity index (χ4n) is 3.08. The van der Waals surface area contributed by atoms with Crippen LogP contribution in [0.15, 0.2) is 24.3 Å². The third-order valence-corrected chi connectivity index (χ3v) is 5.60. The van der Waals surface area contributed by atoms with E-state index in [-0.39, 0.29) is 5.57 Å². The first-order chi connectivity index (χ1) is 17.3. The van der Waals surface area contributed by atoms with Crippen LogP contribution in [0.1, 0.15) is 26.7 Å². The molecule has 1 saturated heterocycles. The second-order valence-electron chi connectivity index (χ2n) is 8.88. The second kappa shape index (κ2) is 11.2. The normalized spacial score (nSPS) is 23.8. The lowest BCUT2D eigenvalue weighted by molar-refractivity contribution is -0.419. The first-order valence-corrected chi connectivity index (χ1v) is 10.6. The Morgan fingerprint density at radius 2 is 1.46 bits per heavy atom. The number of hydrogen-bond acceptors (Lipinski definition) is 7. The summed E-state index contributed by atoms with van der Waals surface area (Å²) in [5, 5.41) is 9.00. The Morgan fingerprint density at radius 1 is 0.949 bits per heavy atom. The second-order valence-corrected chi connectivity index (χ2v) is 8.88. The van der Waals surface area contributed by atoms with E-state index in [2.05, 4.69) is 32.1 Å². The number of esters is 2. The van der Waals surface area contributed by atoms with Crippen LogP contribution in [0, 0.1) is 5.41 Å². The average Bonchev–Trinajstić information content (AvgIpc) is 2.97. The summed E-state index contributed by atoms with van der Waals surface area (Å²) in [7, 11) is 0. The smallest absolute Gasteiger partial charge is 0.449 e. The number of aliphatic hydroxyl groups is 1. The Morgan fingerprint density at radius 3 is 1.90 bits per heavy atom. The molecule has 2 unspecified atom stereocenters. The van der Waals surface area contributed by atoms with Gasteiger partial charge < -0.3 is 24.1 Å². The minimum absolute atomic E-state index is 0.240. The zero-order valence-electron chi connectivity index (χ0n) is 20.2. The first kappa shape index (κ1) is 34.6. The number of hydrogen-bond donors (Lipinski definition) is 1. The lowest BCUT2D eigenvalue weighted by Gasteiger charge is -2.39. The summed E-state index contributed by atoms with van der Waals surface area (Å²) in [6.07, 6.45) is -21.4. The van der Waals surface area contributed by atoms with E-state index in [1.54, 1.807) is 0 Å². The van der Waals surface area contributed by atoms with Crippen LogP contribution in [0.4, 0.5) is 48.3 Å². The van der Waals surface area contributed by atoms with Crippen LogP contribution >= 0.6 is 0 Å². The highest BCUT2D eigenvalue weighted by Crippen LogP contribution is 2.59. The molecule has 1 fully saturated rings. The molecule has 0 amide bonds. The van der Waals surface area contributed by atoms with Crippen molar-refractivity contribution in [3.05, 3.63) is 24.3 Å². The van der Waals surface area contributed by atoms with Crippen LogP contribution in [0.5, 0.6) is 0 Å².